The molecule has 1 unspecified atom stereocenters. The second-order valence-corrected chi connectivity index (χ2v) is 8.73. The molecule has 3 fully saturated rings. The average Bonchev–Trinajstić information content (AvgIpc) is 3.19. The Bertz CT molecular complexity index is 676. The Labute approximate surface area is 162 Å². The van der Waals surface area contributed by atoms with E-state index in [2.05, 4.69) is 21.9 Å². The number of rotatable bonds is 3. The third-order valence-corrected chi connectivity index (χ3v) is 6.82. The first-order valence-corrected chi connectivity index (χ1v) is 10.4. The second kappa shape index (κ2) is 7.63. The zero-order valence-corrected chi connectivity index (χ0v) is 16.4. The Morgan fingerprint density at radius 1 is 1.07 bits per heavy atom. The molecule has 3 aliphatic rings. The minimum absolute atomic E-state index is 0.0446. The zero-order chi connectivity index (χ0) is 18.9. The van der Waals surface area contributed by atoms with Crippen LogP contribution in [0.5, 0.6) is 0 Å². The summed E-state index contributed by atoms with van der Waals surface area (Å²) < 4.78 is 0. The molecule has 0 saturated carbocycles. The summed E-state index contributed by atoms with van der Waals surface area (Å²) in [4.78, 5) is 31.7. The number of hydrogen-bond acceptors (Lipinski definition) is 3. The van der Waals surface area contributed by atoms with Crippen LogP contribution in [0.4, 0.5) is 0 Å². The van der Waals surface area contributed by atoms with Crippen LogP contribution in [0.3, 0.4) is 0 Å². The fourth-order valence-electron chi connectivity index (χ4n) is 5.20. The Hall–Kier alpha value is -1.88. The van der Waals surface area contributed by atoms with Gasteiger partial charge in [-0.05, 0) is 56.2 Å². The molecule has 3 heterocycles. The van der Waals surface area contributed by atoms with Gasteiger partial charge in [0.05, 0.1) is 12.5 Å². The van der Waals surface area contributed by atoms with E-state index < -0.39 is 0 Å². The summed E-state index contributed by atoms with van der Waals surface area (Å²) in [6, 6.07) is 10.2. The third kappa shape index (κ3) is 3.88. The molecule has 27 heavy (non-hydrogen) atoms. The van der Waals surface area contributed by atoms with Crippen molar-refractivity contribution < 1.29 is 9.59 Å². The first-order valence-electron chi connectivity index (χ1n) is 10.4. The number of nitrogens with zero attached hydrogens (tertiary/aromatic N) is 3. The predicted molar refractivity (Wildman–Crippen MR) is 105 cm³/mol. The first-order chi connectivity index (χ1) is 13.1. The van der Waals surface area contributed by atoms with Crippen molar-refractivity contribution in [2.45, 2.75) is 38.0 Å². The molecule has 0 N–H and O–H groups in total. The van der Waals surface area contributed by atoms with Gasteiger partial charge in [-0.15, -0.1) is 0 Å². The van der Waals surface area contributed by atoms with E-state index >= 15 is 0 Å². The van der Waals surface area contributed by atoms with Crippen molar-refractivity contribution in [2.24, 2.45) is 5.41 Å². The van der Waals surface area contributed by atoms with E-state index in [1.54, 1.807) is 0 Å². The van der Waals surface area contributed by atoms with Gasteiger partial charge in [-0.2, -0.15) is 0 Å². The largest absolute Gasteiger partial charge is 0.345 e. The summed E-state index contributed by atoms with van der Waals surface area (Å²) in [5.41, 5.74) is 1.27. The number of hydrogen-bond donors (Lipinski definition) is 0. The normalized spacial score (nSPS) is 26.0. The summed E-state index contributed by atoms with van der Waals surface area (Å²) in [5.74, 6) is 0.475. The molecule has 5 heteroatoms. The Morgan fingerprint density at radius 3 is 2.41 bits per heavy atom. The maximum atomic E-state index is 12.8. The highest BCUT2D eigenvalue weighted by molar-refractivity contribution is 5.84. The number of amides is 2. The molecule has 3 aliphatic heterocycles. The van der Waals surface area contributed by atoms with E-state index in [-0.39, 0.29) is 23.1 Å². The fourth-order valence-corrected chi connectivity index (χ4v) is 5.20. The van der Waals surface area contributed by atoms with E-state index in [9.17, 15) is 9.59 Å². The van der Waals surface area contributed by atoms with Gasteiger partial charge in [0.1, 0.15) is 0 Å². The Kier molecular flexibility index (Phi) is 5.22. The molecule has 5 nitrogen and oxygen atoms in total. The van der Waals surface area contributed by atoms with E-state index in [1.807, 2.05) is 30.1 Å². The topological polar surface area (TPSA) is 43.9 Å². The third-order valence-electron chi connectivity index (χ3n) is 6.82. The molecule has 2 amide bonds. The second-order valence-electron chi connectivity index (χ2n) is 8.73. The molecule has 0 radical (unpaired) electrons. The SMILES string of the molecule is CN1CC2(CCN(C(=O)CN3CCCC3)CC2)CC(c2ccccc2)C1=O. The van der Waals surface area contributed by atoms with Crippen LogP contribution in [0, 0.1) is 5.41 Å². The highest BCUT2D eigenvalue weighted by Crippen LogP contribution is 2.45. The van der Waals surface area contributed by atoms with Gasteiger partial charge < -0.3 is 9.80 Å². The van der Waals surface area contributed by atoms with Gasteiger partial charge in [-0.3, -0.25) is 14.5 Å². The van der Waals surface area contributed by atoms with Crippen molar-refractivity contribution >= 4 is 11.8 Å². The van der Waals surface area contributed by atoms with Crippen molar-refractivity contribution in [2.75, 3.05) is 46.3 Å². The van der Waals surface area contributed by atoms with Crippen molar-refractivity contribution in [3.05, 3.63) is 35.9 Å². The van der Waals surface area contributed by atoms with Gasteiger partial charge in [0, 0.05) is 26.7 Å². The van der Waals surface area contributed by atoms with Crippen LogP contribution < -0.4 is 0 Å². The fraction of sp³-hybridized carbons (Fsp3) is 0.636. The number of likely N-dealkylation sites (tertiary alicyclic amines) is 3. The molecule has 1 spiro atoms. The maximum Gasteiger partial charge on any atom is 0.236 e. The standard InChI is InChI=1S/C22H31N3O2/c1-23-17-22(15-19(21(23)27)18-7-3-2-4-8-18)9-13-25(14-10-22)20(26)16-24-11-5-6-12-24/h2-4,7-8,19H,5-6,9-17H2,1H3. The van der Waals surface area contributed by atoms with Crippen LogP contribution in [0.15, 0.2) is 30.3 Å². The molecular weight excluding hydrogens is 338 g/mol. The summed E-state index contributed by atoms with van der Waals surface area (Å²) in [7, 11) is 1.93. The summed E-state index contributed by atoms with van der Waals surface area (Å²) in [6.45, 7) is 5.19. The summed E-state index contributed by atoms with van der Waals surface area (Å²) >= 11 is 0. The molecular formula is C22H31N3O2. The Morgan fingerprint density at radius 2 is 1.74 bits per heavy atom. The van der Waals surface area contributed by atoms with Gasteiger partial charge in [-0.25, -0.2) is 0 Å². The molecule has 4 rings (SSSR count). The quantitative estimate of drug-likeness (QED) is 0.821. The first kappa shape index (κ1) is 18.5. The van der Waals surface area contributed by atoms with Crippen LogP contribution in [0.1, 0.15) is 43.6 Å². The van der Waals surface area contributed by atoms with E-state index in [0.717, 1.165) is 57.5 Å². The molecule has 1 aromatic rings. The molecule has 1 atom stereocenters. The molecule has 1 aromatic carbocycles. The lowest BCUT2D eigenvalue weighted by Gasteiger charge is -2.49. The highest BCUT2D eigenvalue weighted by atomic mass is 16.2. The lowest BCUT2D eigenvalue weighted by molar-refractivity contribution is -0.143. The minimum Gasteiger partial charge on any atom is -0.345 e. The lowest BCUT2D eigenvalue weighted by atomic mass is 9.67. The average molecular weight is 370 g/mol. The molecule has 0 bridgehead atoms. The minimum atomic E-state index is -0.0446. The number of piperidine rings is 2. The van der Waals surface area contributed by atoms with E-state index in [0.29, 0.717) is 6.54 Å². The number of carbonyl (C=O) groups excluding carboxylic acids is 2. The highest BCUT2D eigenvalue weighted by Gasteiger charge is 2.45. The van der Waals surface area contributed by atoms with E-state index in [4.69, 9.17) is 0 Å². The number of likely N-dealkylation sites (N-methyl/N-ethyl adjacent to an activating group) is 1. The van der Waals surface area contributed by atoms with E-state index in [1.165, 1.54) is 12.8 Å². The van der Waals surface area contributed by atoms with Gasteiger partial charge in [0.25, 0.3) is 0 Å². The van der Waals surface area contributed by atoms with Crippen molar-refractivity contribution in [3.8, 4) is 0 Å². The van der Waals surface area contributed by atoms with Crippen molar-refractivity contribution in [1.82, 2.24) is 14.7 Å². The monoisotopic (exact) mass is 369 g/mol. The summed E-state index contributed by atoms with van der Waals surface area (Å²) in [5, 5.41) is 0. The molecule has 0 aromatic heterocycles. The van der Waals surface area contributed by atoms with Gasteiger partial charge in [0.15, 0.2) is 0 Å². The summed E-state index contributed by atoms with van der Waals surface area (Å²) in [6.07, 6.45) is 5.35. The van der Waals surface area contributed by atoms with Crippen LogP contribution in [0.2, 0.25) is 0 Å². The lowest BCUT2D eigenvalue weighted by Crippen LogP contribution is -2.54. The van der Waals surface area contributed by atoms with Gasteiger partial charge in [-0.1, -0.05) is 30.3 Å². The van der Waals surface area contributed by atoms with Crippen LogP contribution in [-0.4, -0.2) is 72.8 Å². The smallest absolute Gasteiger partial charge is 0.236 e. The molecule has 3 saturated heterocycles. The predicted octanol–water partition coefficient (Wildman–Crippen LogP) is 2.34. The van der Waals surface area contributed by atoms with Crippen molar-refractivity contribution in [1.29, 1.82) is 0 Å². The number of benzene rings is 1. The Balaban J connectivity index is 1.40. The maximum absolute atomic E-state index is 12.8. The molecule has 0 aliphatic carbocycles. The zero-order valence-electron chi connectivity index (χ0n) is 16.4. The van der Waals surface area contributed by atoms with Crippen LogP contribution in [0.25, 0.3) is 0 Å². The number of carbonyl (C=O) groups is 2. The van der Waals surface area contributed by atoms with Crippen molar-refractivity contribution in [3.63, 3.8) is 0 Å². The van der Waals surface area contributed by atoms with Gasteiger partial charge in [0.2, 0.25) is 11.8 Å². The van der Waals surface area contributed by atoms with Crippen LogP contribution in [-0.2, 0) is 9.59 Å². The van der Waals surface area contributed by atoms with Crippen LogP contribution >= 0.6 is 0 Å². The van der Waals surface area contributed by atoms with Gasteiger partial charge >= 0.3 is 0 Å². The molecule has 146 valence electrons.